The molecule has 0 saturated heterocycles. The molecule has 0 amide bonds. The molecule has 8 heteroatoms. The van der Waals surface area contributed by atoms with E-state index in [1.165, 1.54) is 5.56 Å². The van der Waals surface area contributed by atoms with E-state index in [4.69, 9.17) is 9.51 Å². The first-order valence-corrected chi connectivity index (χ1v) is 13.6. The van der Waals surface area contributed by atoms with Crippen LogP contribution in [-0.2, 0) is 16.4 Å². The van der Waals surface area contributed by atoms with Crippen molar-refractivity contribution in [2.24, 2.45) is 5.92 Å². The third kappa shape index (κ3) is 5.71. The van der Waals surface area contributed by atoms with Crippen molar-refractivity contribution < 1.29 is 12.9 Å². The van der Waals surface area contributed by atoms with Gasteiger partial charge in [0.05, 0.1) is 27.7 Å². The highest BCUT2D eigenvalue weighted by Crippen LogP contribution is 2.29. The summed E-state index contributed by atoms with van der Waals surface area (Å²) in [6.07, 6.45) is 1.67. The zero-order chi connectivity index (χ0) is 25.9. The van der Waals surface area contributed by atoms with Gasteiger partial charge >= 0.3 is 0 Å². The molecular weight excluding hydrogens is 472 g/mol. The number of benzene rings is 2. The highest BCUT2D eigenvalue weighted by atomic mass is 32.2. The SMILES string of the molecule is Cc1ncc(-c2ccc(S(=O)(=O)C(C)C)cc2)nc1-c1cc(-c2ccc(CNCC(C)C)cc2)no1. The Labute approximate surface area is 212 Å². The second-order valence-corrected chi connectivity index (χ2v) is 12.1. The number of nitrogens with one attached hydrogen (secondary N) is 1. The quantitative estimate of drug-likeness (QED) is 0.312. The van der Waals surface area contributed by atoms with Crippen LogP contribution in [0.3, 0.4) is 0 Å². The standard InChI is InChI=1S/C28H32N4O3S/c1-18(2)15-29-16-21-6-8-22(9-7-21)25-14-27(35-32-25)28-20(5)30-17-26(31-28)23-10-12-24(13-11-23)36(33,34)19(3)4/h6-14,17-19,29H,15-16H2,1-5H3. The van der Waals surface area contributed by atoms with Gasteiger partial charge in [-0.15, -0.1) is 0 Å². The molecule has 0 aliphatic rings. The van der Waals surface area contributed by atoms with E-state index < -0.39 is 15.1 Å². The van der Waals surface area contributed by atoms with Gasteiger partial charge in [-0.3, -0.25) is 4.98 Å². The van der Waals surface area contributed by atoms with Crippen LogP contribution in [0.4, 0.5) is 0 Å². The summed E-state index contributed by atoms with van der Waals surface area (Å²) < 4.78 is 30.5. The molecule has 0 radical (unpaired) electrons. The van der Waals surface area contributed by atoms with Gasteiger partial charge in [0.1, 0.15) is 11.4 Å². The van der Waals surface area contributed by atoms with Crippen LogP contribution >= 0.6 is 0 Å². The summed E-state index contributed by atoms with van der Waals surface area (Å²) in [7, 11) is -3.33. The lowest BCUT2D eigenvalue weighted by Gasteiger charge is -2.09. The van der Waals surface area contributed by atoms with Crippen molar-refractivity contribution in [2.45, 2.75) is 51.3 Å². The predicted octanol–water partition coefficient (Wildman–Crippen LogP) is 5.70. The van der Waals surface area contributed by atoms with Crippen LogP contribution in [0.15, 0.2) is 70.2 Å². The van der Waals surface area contributed by atoms with Crippen molar-refractivity contribution in [3.8, 4) is 34.0 Å². The minimum atomic E-state index is -3.33. The van der Waals surface area contributed by atoms with Crippen LogP contribution in [0.5, 0.6) is 0 Å². The van der Waals surface area contributed by atoms with Crippen LogP contribution in [0, 0.1) is 12.8 Å². The van der Waals surface area contributed by atoms with Crippen molar-refractivity contribution in [1.29, 1.82) is 0 Å². The maximum Gasteiger partial charge on any atom is 0.187 e. The smallest absolute Gasteiger partial charge is 0.187 e. The van der Waals surface area contributed by atoms with Gasteiger partial charge in [0.25, 0.3) is 0 Å². The average molecular weight is 505 g/mol. The zero-order valence-electron chi connectivity index (χ0n) is 21.3. The first-order valence-electron chi connectivity index (χ1n) is 12.1. The first kappa shape index (κ1) is 25.7. The maximum absolute atomic E-state index is 12.4. The molecule has 2 heterocycles. The van der Waals surface area contributed by atoms with Crippen molar-refractivity contribution in [3.63, 3.8) is 0 Å². The fourth-order valence-corrected chi connectivity index (χ4v) is 4.79. The van der Waals surface area contributed by atoms with E-state index in [9.17, 15) is 8.42 Å². The Morgan fingerprint density at radius 1 is 0.917 bits per heavy atom. The number of hydrogen-bond acceptors (Lipinski definition) is 7. The summed E-state index contributed by atoms with van der Waals surface area (Å²) in [5, 5.41) is 7.22. The summed E-state index contributed by atoms with van der Waals surface area (Å²) in [5.74, 6) is 1.14. The zero-order valence-corrected chi connectivity index (χ0v) is 22.1. The number of hydrogen-bond donors (Lipinski definition) is 1. The lowest BCUT2D eigenvalue weighted by Crippen LogP contribution is -2.18. The lowest BCUT2D eigenvalue weighted by molar-refractivity contribution is 0.433. The van der Waals surface area contributed by atoms with Gasteiger partial charge in [0.15, 0.2) is 15.6 Å². The van der Waals surface area contributed by atoms with E-state index in [1.54, 1.807) is 44.3 Å². The average Bonchev–Trinajstić information content (AvgIpc) is 3.34. The van der Waals surface area contributed by atoms with Gasteiger partial charge in [0.2, 0.25) is 0 Å². The molecule has 7 nitrogen and oxygen atoms in total. The Morgan fingerprint density at radius 3 is 2.19 bits per heavy atom. The summed E-state index contributed by atoms with van der Waals surface area (Å²) in [6.45, 7) is 11.4. The van der Waals surface area contributed by atoms with Gasteiger partial charge < -0.3 is 9.84 Å². The van der Waals surface area contributed by atoms with E-state index in [-0.39, 0.29) is 0 Å². The molecule has 0 bridgehead atoms. The van der Waals surface area contributed by atoms with Crippen molar-refractivity contribution in [3.05, 3.63) is 72.1 Å². The Kier molecular flexibility index (Phi) is 7.66. The topological polar surface area (TPSA) is 98.0 Å². The Hall–Kier alpha value is -3.36. The lowest BCUT2D eigenvalue weighted by atomic mass is 10.1. The number of nitrogens with zero attached hydrogens (tertiary/aromatic N) is 3. The van der Waals surface area contributed by atoms with Crippen molar-refractivity contribution >= 4 is 9.84 Å². The first-order chi connectivity index (χ1) is 17.1. The third-order valence-electron chi connectivity index (χ3n) is 5.93. The minimum Gasteiger partial charge on any atom is -0.354 e. The third-order valence-corrected chi connectivity index (χ3v) is 8.10. The molecule has 2 aromatic heterocycles. The van der Waals surface area contributed by atoms with Crippen molar-refractivity contribution in [1.82, 2.24) is 20.4 Å². The number of aryl methyl sites for hydroxylation is 1. The maximum atomic E-state index is 12.4. The molecule has 0 unspecified atom stereocenters. The molecule has 0 spiro atoms. The molecule has 1 N–H and O–H groups in total. The molecule has 36 heavy (non-hydrogen) atoms. The molecule has 0 atom stereocenters. The predicted molar refractivity (Wildman–Crippen MR) is 142 cm³/mol. The van der Waals surface area contributed by atoms with E-state index in [0.29, 0.717) is 33.7 Å². The molecule has 2 aromatic carbocycles. The summed E-state index contributed by atoms with van der Waals surface area (Å²) in [5.41, 5.74) is 5.60. The highest BCUT2D eigenvalue weighted by Gasteiger charge is 2.19. The van der Waals surface area contributed by atoms with Gasteiger partial charge in [-0.2, -0.15) is 0 Å². The fourth-order valence-electron chi connectivity index (χ4n) is 3.73. The highest BCUT2D eigenvalue weighted by molar-refractivity contribution is 7.92. The van der Waals surface area contributed by atoms with Crippen LogP contribution in [0.2, 0.25) is 0 Å². The summed E-state index contributed by atoms with van der Waals surface area (Å²) in [4.78, 5) is 9.54. The summed E-state index contributed by atoms with van der Waals surface area (Å²) in [6, 6.07) is 16.8. The Morgan fingerprint density at radius 2 is 1.56 bits per heavy atom. The molecule has 0 aliphatic carbocycles. The van der Waals surface area contributed by atoms with Gasteiger partial charge in [-0.1, -0.05) is 55.4 Å². The van der Waals surface area contributed by atoms with Crippen LogP contribution in [0.25, 0.3) is 34.0 Å². The van der Waals surface area contributed by atoms with Crippen LogP contribution < -0.4 is 5.32 Å². The molecule has 188 valence electrons. The van der Waals surface area contributed by atoms with Gasteiger partial charge in [-0.05, 0) is 50.9 Å². The second kappa shape index (κ2) is 10.7. The second-order valence-electron chi connectivity index (χ2n) is 9.61. The number of sulfone groups is 1. The van der Waals surface area contributed by atoms with Crippen LogP contribution in [-0.4, -0.2) is 35.3 Å². The molecule has 4 aromatic rings. The fraction of sp³-hybridized carbons (Fsp3) is 0.321. The Balaban J connectivity index is 1.55. The van der Waals surface area contributed by atoms with E-state index >= 15 is 0 Å². The molecule has 0 fully saturated rings. The minimum absolute atomic E-state index is 0.295. The number of aromatic nitrogens is 3. The molecular formula is C28H32N4O3S. The van der Waals surface area contributed by atoms with Gasteiger partial charge in [-0.25, -0.2) is 13.4 Å². The van der Waals surface area contributed by atoms with Crippen molar-refractivity contribution in [2.75, 3.05) is 6.54 Å². The number of rotatable bonds is 9. The normalized spacial score (nSPS) is 12.0. The monoisotopic (exact) mass is 504 g/mol. The molecule has 0 aliphatic heterocycles. The molecule has 4 rings (SSSR count). The largest absolute Gasteiger partial charge is 0.354 e. The van der Waals surface area contributed by atoms with Gasteiger partial charge in [0, 0.05) is 23.7 Å². The van der Waals surface area contributed by atoms with E-state index in [0.717, 1.165) is 29.9 Å². The van der Waals surface area contributed by atoms with Crippen LogP contribution in [0.1, 0.15) is 39.0 Å². The van der Waals surface area contributed by atoms with E-state index in [2.05, 4.69) is 41.4 Å². The molecule has 0 saturated carbocycles. The summed E-state index contributed by atoms with van der Waals surface area (Å²) >= 11 is 0. The van der Waals surface area contributed by atoms with E-state index in [1.807, 2.05) is 25.1 Å². The Bertz CT molecular complexity index is 1420.